The number of methoxy groups -OCH3 is 1. The van der Waals surface area contributed by atoms with E-state index in [2.05, 4.69) is 15.6 Å². The number of rotatable bonds is 5. The van der Waals surface area contributed by atoms with Crippen LogP contribution < -0.4 is 15.7 Å². The van der Waals surface area contributed by atoms with Gasteiger partial charge in [0.05, 0.1) is 19.0 Å². The van der Waals surface area contributed by atoms with Gasteiger partial charge in [-0.05, 0) is 35.9 Å². The molecule has 0 unspecified atom stereocenters. The molecule has 0 aliphatic rings. The number of benzene rings is 2. The van der Waals surface area contributed by atoms with Gasteiger partial charge in [-0.2, -0.15) is 14.9 Å². The van der Waals surface area contributed by atoms with E-state index < -0.39 is 17.2 Å². The minimum absolute atomic E-state index is 0.0269. The predicted molar refractivity (Wildman–Crippen MR) is 101 cm³/mol. The summed E-state index contributed by atoms with van der Waals surface area (Å²) in [4.78, 5) is 24.3. The quantitative estimate of drug-likeness (QED) is 0.454. The highest BCUT2D eigenvalue weighted by molar-refractivity contribution is 5.95. The average Bonchev–Trinajstić information content (AvgIpc) is 2.70. The third-order valence-electron chi connectivity index (χ3n) is 3.71. The maximum absolute atomic E-state index is 12.3. The van der Waals surface area contributed by atoms with E-state index in [1.54, 1.807) is 36.4 Å². The van der Waals surface area contributed by atoms with Gasteiger partial charge < -0.3 is 14.9 Å². The monoisotopic (exact) mass is 380 g/mol. The first kappa shape index (κ1) is 18.6. The van der Waals surface area contributed by atoms with Crippen molar-refractivity contribution in [3.8, 4) is 22.9 Å². The molecule has 9 heteroatoms. The Balaban J connectivity index is 1.82. The van der Waals surface area contributed by atoms with Crippen LogP contribution in [0.2, 0.25) is 0 Å². The van der Waals surface area contributed by atoms with Gasteiger partial charge in [0.2, 0.25) is 0 Å². The number of nitrogens with one attached hydrogen (secondary N) is 1. The second kappa shape index (κ2) is 8.04. The Labute approximate surface area is 159 Å². The summed E-state index contributed by atoms with van der Waals surface area (Å²) < 4.78 is 5.99. The topological polar surface area (TPSA) is 126 Å². The van der Waals surface area contributed by atoms with E-state index >= 15 is 0 Å². The summed E-state index contributed by atoms with van der Waals surface area (Å²) in [5.74, 6) is -1.13. The van der Waals surface area contributed by atoms with E-state index in [9.17, 15) is 19.8 Å². The lowest BCUT2D eigenvalue weighted by Gasteiger charge is -2.07. The average molecular weight is 380 g/mol. The van der Waals surface area contributed by atoms with Crippen LogP contribution in [0.1, 0.15) is 16.1 Å². The molecule has 0 saturated carbocycles. The number of para-hydroxylation sites is 1. The molecule has 0 aliphatic heterocycles. The van der Waals surface area contributed by atoms with Crippen molar-refractivity contribution in [2.75, 3.05) is 7.11 Å². The number of hydrazone groups is 1. The number of phenols is 1. The maximum atomic E-state index is 12.3. The summed E-state index contributed by atoms with van der Waals surface area (Å²) >= 11 is 0. The maximum Gasteiger partial charge on any atom is 0.295 e. The van der Waals surface area contributed by atoms with E-state index in [0.29, 0.717) is 11.3 Å². The van der Waals surface area contributed by atoms with Crippen molar-refractivity contribution < 1.29 is 19.7 Å². The SMILES string of the molecule is COc1cc(/C=N/NC(=O)c2nn(-c3ccccc3)c(=O)cc2O)ccc1O. The smallest absolute Gasteiger partial charge is 0.295 e. The largest absolute Gasteiger partial charge is 0.505 e. The number of carbonyl (C=O) groups excluding carboxylic acids is 1. The van der Waals surface area contributed by atoms with Crippen molar-refractivity contribution in [2.24, 2.45) is 5.10 Å². The third kappa shape index (κ3) is 3.98. The van der Waals surface area contributed by atoms with Crippen LogP contribution in [0.3, 0.4) is 0 Å². The molecule has 3 rings (SSSR count). The molecular weight excluding hydrogens is 364 g/mol. The highest BCUT2D eigenvalue weighted by Gasteiger charge is 2.16. The molecule has 9 nitrogen and oxygen atoms in total. The number of aromatic nitrogens is 2. The lowest BCUT2D eigenvalue weighted by Crippen LogP contribution is -2.27. The molecule has 28 heavy (non-hydrogen) atoms. The molecule has 3 N–H and O–H groups in total. The number of nitrogens with zero attached hydrogens (tertiary/aromatic N) is 3. The van der Waals surface area contributed by atoms with Gasteiger partial charge >= 0.3 is 0 Å². The van der Waals surface area contributed by atoms with Crippen LogP contribution in [0, 0.1) is 0 Å². The molecule has 0 fully saturated rings. The van der Waals surface area contributed by atoms with Gasteiger partial charge in [0.25, 0.3) is 11.5 Å². The molecule has 2 aromatic carbocycles. The van der Waals surface area contributed by atoms with Crippen LogP contribution in [-0.4, -0.2) is 39.2 Å². The Morgan fingerprint density at radius 2 is 1.89 bits per heavy atom. The number of hydrogen-bond donors (Lipinski definition) is 3. The fraction of sp³-hybridized carbons (Fsp3) is 0.0526. The molecule has 0 bridgehead atoms. The molecule has 1 aromatic heterocycles. The molecular formula is C19H16N4O5. The van der Waals surface area contributed by atoms with Crippen LogP contribution in [0.5, 0.6) is 17.2 Å². The molecule has 142 valence electrons. The standard InChI is InChI=1S/C19H16N4O5/c1-28-16-9-12(7-8-14(16)24)11-20-21-19(27)18-15(25)10-17(26)23(22-18)13-5-3-2-4-6-13/h2-11,24-25H,1H3,(H,21,27)/b20-11+. The number of phenolic OH excluding ortho intramolecular Hbond substituents is 1. The van der Waals surface area contributed by atoms with Crippen LogP contribution in [-0.2, 0) is 0 Å². The lowest BCUT2D eigenvalue weighted by molar-refractivity contribution is 0.0945. The zero-order chi connectivity index (χ0) is 20.1. The van der Waals surface area contributed by atoms with Crippen LogP contribution in [0.15, 0.2) is 64.5 Å². The number of aromatic hydroxyl groups is 2. The first-order chi connectivity index (χ1) is 13.5. The summed E-state index contributed by atoms with van der Waals surface area (Å²) in [6.45, 7) is 0. The van der Waals surface area contributed by atoms with Gasteiger partial charge in [-0.15, -0.1) is 0 Å². The number of hydrogen-bond acceptors (Lipinski definition) is 7. The van der Waals surface area contributed by atoms with Crippen molar-refractivity contribution in [1.82, 2.24) is 15.2 Å². The number of ether oxygens (including phenoxy) is 1. The second-order valence-electron chi connectivity index (χ2n) is 5.59. The second-order valence-corrected chi connectivity index (χ2v) is 5.59. The summed E-state index contributed by atoms with van der Waals surface area (Å²) in [6.07, 6.45) is 1.32. The van der Waals surface area contributed by atoms with E-state index in [0.717, 1.165) is 10.7 Å². The molecule has 0 radical (unpaired) electrons. The fourth-order valence-corrected chi connectivity index (χ4v) is 2.36. The highest BCUT2D eigenvalue weighted by Crippen LogP contribution is 2.25. The summed E-state index contributed by atoms with van der Waals surface area (Å²) in [5, 5.41) is 27.2. The first-order valence-corrected chi connectivity index (χ1v) is 8.09. The fourth-order valence-electron chi connectivity index (χ4n) is 2.36. The van der Waals surface area contributed by atoms with Gasteiger partial charge in [0.1, 0.15) is 0 Å². The van der Waals surface area contributed by atoms with Crippen molar-refractivity contribution in [2.45, 2.75) is 0 Å². The summed E-state index contributed by atoms with van der Waals surface area (Å²) in [7, 11) is 1.41. The van der Waals surface area contributed by atoms with E-state index in [1.165, 1.54) is 25.5 Å². The minimum Gasteiger partial charge on any atom is -0.505 e. The minimum atomic E-state index is -0.802. The first-order valence-electron chi connectivity index (χ1n) is 8.09. The Kier molecular flexibility index (Phi) is 5.35. The van der Waals surface area contributed by atoms with Crippen molar-refractivity contribution in [3.05, 3.63) is 76.2 Å². The molecule has 0 atom stereocenters. The van der Waals surface area contributed by atoms with Gasteiger partial charge in [0.15, 0.2) is 22.9 Å². The molecule has 0 saturated heterocycles. The molecule has 1 amide bonds. The predicted octanol–water partition coefficient (Wildman–Crippen LogP) is 1.42. The summed E-state index contributed by atoms with van der Waals surface area (Å²) in [5.41, 5.74) is 2.29. The van der Waals surface area contributed by atoms with Crippen molar-refractivity contribution in [1.29, 1.82) is 0 Å². The Hall–Kier alpha value is -4.14. The van der Waals surface area contributed by atoms with Gasteiger partial charge in [-0.25, -0.2) is 5.43 Å². The van der Waals surface area contributed by atoms with Gasteiger partial charge in [-0.1, -0.05) is 18.2 Å². The molecule has 0 aliphatic carbocycles. The van der Waals surface area contributed by atoms with Crippen molar-refractivity contribution in [3.63, 3.8) is 0 Å². The summed E-state index contributed by atoms with van der Waals surface area (Å²) in [6, 6.07) is 13.9. The Bertz CT molecular complexity index is 1090. The van der Waals surface area contributed by atoms with Crippen LogP contribution in [0.25, 0.3) is 5.69 Å². The van der Waals surface area contributed by atoms with Gasteiger partial charge in [-0.3, -0.25) is 9.59 Å². The zero-order valence-corrected chi connectivity index (χ0v) is 14.7. The Morgan fingerprint density at radius 1 is 1.14 bits per heavy atom. The molecule has 1 heterocycles. The number of carbonyl (C=O) groups is 1. The normalized spacial score (nSPS) is 10.8. The van der Waals surface area contributed by atoms with E-state index in [1.807, 2.05) is 0 Å². The zero-order valence-electron chi connectivity index (χ0n) is 14.7. The lowest BCUT2D eigenvalue weighted by atomic mass is 10.2. The van der Waals surface area contributed by atoms with Gasteiger partial charge in [0, 0.05) is 6.07 Å². The third-order valence-corrected chi connectivity index (χ3v) is 3.71. The van der Waals surface area contributed by atoms with E-state index in [-0.39, 0.29) is 17.2 Å². The van der Waals surface area contributed by atoms with E-state index in [4.69, 9.17) is 4.74 Å². The van der Waals surface area contributed by atoms with Crippen molar-refractivity contribution >= 4 is 12.1 Å². The molecule has 3 aromatic rings. The Morgan fingerprint density at radius 3 is 2.61 bits per heavy atom. The number of amides is 1. The van der Waals surface area contributed by atoms with Crippen LogP contribution >= 0.6 is 0 Å². The molecule has 0 spiro atoms. The van der Waals surface area contributed by atoms with Crippen LogP contribution in [0.4, 0.5) is 0 Å². The highest BCUT2D eigenvalue weighted by atomic mass is 16.5.